The summed E-state index contributed by atoms with van der Waals surface area (Å²) in [7, 11) is -2.99. The summed E-state index contributed by atoms with van der Waals surface area (Å²) in [6, 6.07) is 6.21. The van der Waals surface area contributed by atoms with Crippen LogP contribution in [0.2, 0.25) is 0 Å². The molecule has 0 N–H and O–H groups in total. The molecule has 1 aromatic rings. The van der Waals surface area contributed by atoms with Crippen LogP contribution in [0.25, 0.3) is 0 Å². The smallest absolute Gasteiger partial charge is 0.160 e. The quantitative estimate of drug-likeness (QED) is 0.788. The fourth-order valence-electron chi connectivity index (χ4n) is 2.84. The average molecular weight is 340 g/mol. The molecule has 2 heterocycles. The van der Waals surface area contributed by atoms with Gasteiger partial charge in [-0.2, -0.15) is 0 Å². The highest BCUT2D eigenvalue weighted by Crippen LogP contribution is 2.32. The maximum absolute atomic E-state index is 13.2. The van der Waals surface area contributed by atoms with Crippen LogP contribution in [0.1, 0.15) is 5.56 Å². The molecule has 0 aliphatic carbocycles. The average Bonchev–Trinajstić information content (AvgIpc) is 2.90. The van der Waals surface area contributed by atoms with Crippen LogP contribution in [0.15, 0.2) is 41.9 Å². The van der Waals surface area contributed by atoms with Crippen LogP contribution in [0.4, 0.5) is 4.39 Å². The van der Waals surface area contributed by atoms with Crippen molar-refractivity contribution in [1.82, 2.24) is 4.90 Å². The minimum atomic E-state index is -2.99. The highest BCUT2D eigenvalue weighted by molar-refractivity contribution is 8.13. The molecule has 4 nitrogen and oxygen atoms in total. The number of rotatable bonds is 4. The summed E-state index contributed by atoms with van der Waals surface area (Å²) in [5, 5.41) is 0.828. The summed E-state index contributed by atoms with van der Waals surface area (Å²) < 4.78 is 36.7. The summed E-state index contributed by atoms with van der Waals surface area (Å²) >= 11 is 1.52. The molecule has 0 saturated carbocycles. The van der Waals surface area contributed by atoms with Crippen molar-refractivity contribution in [3.63, 3.8) is 0 Å². The number of fused-ring (bicyclic) bond motifs is 1. The number of thioether (sulfide) groups is 1. The molecular weight excluding hydrogens is 323 g/mol. The van der Waals surface area contributed by atoms with E-state index < -0.39 is 9.84 Å². The maximum Gasteiger partial charge on any atom is 0.160 e. The summed E-state index contributed by atoms with van der Waals surface area (Å²) in [5.74, 6) is 0.627. The lowest BCUT2D eigenvalue weighted by molar-refractivity contribution is 0.379. The molecule has 0 amide bonds. The Balaban J connectivity index is 1.73. The number of aliphatic imine (C=N–C) groups is 1. The predicted molar refractivity (Wildman–Crippen MR) is 88.3 cm³/mol. The zero-order valence-corrected chi connectivity index (χ0v) is 13.6. The van der Waals surface area contributed by atoms with Crippen LogP contribution in [0.5, 0.6) is 0 Å². The first-order valence-electron chi connectivity index (χ1n) is 7.01. The van der Waals surface area contributed by atoms with Crippen LogP contribution in [-0.2, 0) is 15.6 Å². The van der Waals surface area contributed by atoms with Crippen molar-refractivity contribution in [3.8, 4) is 0 Å². The number of sulfone groups is 1. The van der Waals surface area contributed by atoms with Gasteiger partial charge in [-0.05, 0) is 17.7 Å². The summed E-state index contributed by atoms with van der Waals surface area (Å²) in [5.41, 5.74) is 0.885. The van der Waals surface area contributed by atoms with E-state index in [-0.39, 0.29) is 29.4 Å². The second-order valence-corrected chi connectivity index (χ2v) is 8.58. The van der Waals surface area contributed by atoms with Gasteiger partial charge in [0.05, 0.1) is 23.6 Å². The van der Waals surface area contributed by atoms with Crippen LogP contribution in [0.3, 0.4) is 0 Å². The second-order valence-electron chi connectivity index (χ2n) is 5.48. The number of nitrogens with zero attached hydrogens (tertiary/aromatic N) is 2. The van der Waals surface area contributed by atoms with Crippen LogP contribution < -0.4 is 0 Å². The van der Waals surface area contributed by atoms with Crippen molar-refractivity contribution < 1.29 is 12.8 Å². The van der Waals surface area contributed by atoms with E-state index in [1.165, 1.54) is 23.9 Å². The zero-order chi connectivity index (χ0) is 15.7. The molecule has 118 valence electrons. The van der Waals surface area contributed by atoms with E-state index in [1.54, 1.807) is 12.1 Å². The molecule has 22 heavy (non-hydrogen) atoms. The van der Waals surface area contributed by atoms with E-state index in [4.69, 9.17) is 0 Å². The van der Waals surface area contributed by atoms with Gasteiger partial charge < -0.3 is 4.90 Å². The van der Waals surface area contributed by atoms with E-state index in [0.717, 1.165) is 10.7 Å². The van der Waals surface area contributed by atoms with Gasteiger partial charge >= 0.3 is 0 Å². The number of benzene rings is 1. The Morgan fingerprint density at radius 1 is 1.45 bits per heavy atom. The SMILES string of the molecule is C=CCN1C(SCc2cccc(F)c2)=N[C@H]2CS(=O)(=O)C[C@H]21. The monoisotopic (exact) mass is 340 g/mol. The van der Waals surface area contributed by atoms with E-state index in [1.807, 2.05) is 11.0 Å². The first kappa shape index (κ1) is 15.6. The third kappa shape index (κ3) is 3.20. The van der Waals surface area contributed by atoms with E-state index in [9.17, 15) is 12.8 Å². The van der Waals surface area contributed by atoms with Crippen molar-refractivity contribution in [2.24, 2.45) is 4.99 Å². The molecule has 1 aromatic carbocycles. The lowest BCUT2D eigenvalue weighted by Gasteiger charge is -2.24. The van der Waals surface area contributed by atoms with Crippen molar-refractivity contribution >= 4 is 26.8 Å². The third-order valence-electron chi connectivity index (χ3n) is 3.80. The molecule has 0 bridgehead atoms. The Hall–Kier alpha value is -1.34. The van der Waals surface area contributed by atoms with Crippen molar-refractivity contribution in [1.29, 1.82) is 0 Å². The Labute approximate surface area is 134 Å². The normalized spacial score (nSPS) is 25.9. The Morgan fingerprint density at radius 3 is 3.00 bits per heavy atom. The van der Waals surface area contributed by atoms with Gasteiger partial charge in [0.1, 0.15) is 5.82 Å². The first-order chi connectivity index (χ1) is 10.5. The molecule has 0 spiro atoms. The van der Waals surface area contributed by atoms with Crippen LogP contribution in [0, 0.1) is 5.82 Å². The van der Waals surface area contributed by atoms with Gasteiger partial charge in [-0.1, -0.05) is 30.0 Å². The van der Waals surface area contributed by atoms with Gasteiger partial charge in [-0.25, -0.2) is 12.8 Å². The number of hydrogen-bond acceptors (Lipinski definition) is 5. The molecule has 7 heteroatoms. The fourth-order valence-corrected chi connectivity index (χ4v) is 5.77. The molecule has 2 aliphatic heterocycles. The topological polar surface area (TPSA) is 49.7 Å². The summed E-state index contributed by atoms with van der Waals surface area (Å²) in [6.45, 7) is 4.31. The molecule has 0 aromatic heterocycles. The first-order valence-corrected chi connectivity index (χ1v) is 9.82. The standard InChI is InChI=1S/C15H17FN2O2S2/c1-2-6-18-14-10-22(19,20)9-13(14)17-15(18)21-8-11-4-3-5-12(16)7-11/h2-5,7,13-14H,1,6,8-10H2/t13-,14+/m0/s1. The molecule has 1 saturated heterocycles. The van der Waals surface area contributed by atoms with Crippen molar-refractivity contribution in [2.45, 2.75) is 17.8 Å². The largest absolute Gasteiger partial charge is 0.342 e. The molecule has 0 unspecified atom stereocenters. The fraction of sp³-hybridized carbons (Fsp3) is 0.400. The van der Waals surface area contributed by atoms with Crippen LogP contribution >= 0.6 is 11.8 Å². The van der Waals surface area contributed by atoms with Gasteiger partial charge in [-0.15, -0.1) is 6.58 Å². The van der Waals surface area contributed by atoms with Crippen molar-refractivity contribution in [3.05, 3.63) is 48.3 Å². The molecule has 2 aliphatic rings. The molecule has 2 atom stereocenters. The second kappa shape index (κ2) is 6.04. The number of halogens is 1. The molecule has 1 fully saturated rings. The van der Waals surface area contributed by atoms with Crippen molar-refractivity contribution in [2.75, 3.05) is 18.1 Å². The molecule has 0 radical (unpaired) electrons. The van der Waals surface area contributed by atoms with Gasteiger partial charge in [0, 0.05) is 12.3 Å². The third-order valence-corrected chi connectivity index (χ3v) is 6.57. The van der Waals surface area contributed by atoms with E-state index >= 15 is 0 Å². The summed E-state index contributed by atoms with van der Waals surface area (Å²) in [4.78, 5) is 6.57. The molecule has 3 rings (SSSR count). The highest BCUT2D eigenvalue weighted by Gasteiger charge is 2.45. The Bertz CT molecular complexity index is 718. The van der Waals surface area contributed by atoms with Crippen LogP contribution in [-0.4, -0.2) is 48.6 Å². The van der Waals surface area contributed by atoms with E-state index in [0.29, 0.717) is 12.3 Å². The highest BCUT2D eigenvalue weighted by atomic mass is 32.2. The Morgan fingerprint density at radius 2 is 2.27 bits per heavy atom. The molecular formula is C15H17FN2O2S2. The number of hydrogen-bond donors (Lipinski definition) is 0. The van der Waals surface area contributed by atoms with Gasteiger partial charge in [0.2, 0.25) is 0 Å². The van der Waals surface area contributed by atoms with Gasteiger partial charge in [0.25, 0.3) is 0 Å². The van der Waals surface area contributed by atoms with E-state index in [2.05, 4.69) is 11.6 Å². The lowest BCUT2D eigenvalue weighted by atomic mass is 10.2. The predicted octanol–water partition coefficient (Wildman–Crippen LogP) is 2.08. The maximum atomic E-state index is 13.2. The lowest BCUT2D eigenvalue weighted by Crippen LogP contribution is -2.39. The van der Waals surface area contributed by atoms with Gasteiger partial charge in [-0.3, -0.25) is 4.99 Å². The summed E-state index contributed by atoms with van der Waals surface area (Å²) in [6.07, 6.45) is 1.76. The van der Waals surface area contributed by atoms with Gasteiger partial charge in [0.15, 0.2) is 15.0 Å². The minimum absolute atomic E-state index is 0.0852. The number of amidine groups is 1. The zero-order valence-electron chi connectivity index (χ0n) is 12.0. The Kier molecular flexibility index (Phi) is 4.27. The minimum Gasteiger partial charge on any atom is -0.342 e.